The lowest BCUT2D eigenvalue weighted by atomic mass is 10.4. The van der Waals surface area contributed by atoms with Crippen LogP contribution < -0.4 is 5.73 Å². The van der Waals surface area contributed by atoms with Crippen LogP contribution in [-0.2, 0) is 0 Å². The minimum atomic E-state index is -0.766. The molecule has 0 spiro atoms. The van der Waals surface area contributed by atoms with Crippen LogP contribution in [0.4, 0.5) is 0 Å². The smallest absolute Gasteiger partial charge is 0.288 e. The van der Waals surface area contributed by atoms with Crippen molar-refractivity contribution in [3.05, 3.63) is 18.1 Å². The molecule has 0 aliphatic heterocycles. The molecule has 0 saturated heterocycles. The van der Waals surface area contributed by atoms with Gasteiger partial charge in [0.2, 0.25) is 5.76 Å². The average molecular weight is 127 g/mol. The third-order valence-corrected chi connectivity index (χ3v) is 0.868. The average Bonchev–Trinajstić information content (AvgIpc) is 2.13. The maximum absolute atomic E-state index is 10.3. The van der Waals surface area contributed by atoms with E-state index >= 15 is 0 Å². The summed E-state index contributed by atoms with van der Waals surface area (Å²) in [6.07, 6.45) is 1.19. The first-order chi connectivity index (χ1) is 4.22. The molecule has 0 aliphatic carbocycles. The van der Waals surface area contributed by atoms with Crippen LogP contribution in [0.3, 0.4) is 0 Å². The molecule has 1 heterocycles. The van der Waals surface area contributed by atoms with Gasteiger partial charge in [0.25, 0.3) is 5.91 Å². The summed E-state index contributed by atoms with van der Waals surface area (Å²) < 4.78 is 4.50. The minimum Gasteiger partial charge on any atom is -0.504 e. The number of nitrogens with two attached hydrogens (primary N) is 1. The molecule has 0 unspecified atom stereocenters. The monoisotopic (exact) mass is 127 g/mol. The number of rotatable bonds is 1. The predicted octanol–water partition coefficient (Wildman–Crippen LogP) is 0.0841. The van der Waals surface area contributed by atoms with Gasteiger partial charge in [-0.15, -0.1) is 0 Å². The molecule has 0 radical (unpaired) electrons. The molecule has 0 aromatic carbocycles. The van der Waals surface area contributed by atoms with Crippen molar-refractivity contribution in [1.82, 2.24) is 0 Å². The third-order valence-electron chi connectivity index (χ3n) is 0.868. The van der Waals surface area contributed by atoms with E-state index in [2.05, 4.69) is 4.42 Å². The van der Waals surface area contributed by atoms with Gasteiger partial charge in [0.15, 0.2) is 5.75 Å². The fourth-order valence-corrected chi connectivity index (χ4v) is 0.487. The molecule has 0 bridgehead atoms. The van der Waals surface area contributed by atoms with Gasteiger partial charge in [-0.05, 0) is 0 Å². The Balaban J connectivity index is 3.08. The second-order valence-electron chi connectivity index (χ2n) is 1.50. The number of carbonyl (C=O) groups excluding carboxylic acids is 1. The fraction of sp³-hybridized carbons (Fsp3) is 0. The Morgan fingerprint density at radius 3 is 2.67 bits per heavy atom. The second kappa shape index (κ2) is 1.81. The Morgan fingerprint density at radius 1 is 1.78 bits per heavy atom. The molecule has 0 aliphatic rings. The van der Waals surface area contributed by atoms with Crippen LogP contribution in [0.15, 0.2) is 16.7 Å². The van der Waals surface area contributed by atoms with Gasteiger partial charge in [0.05, 0.1) is 6.26 Å². The molecule has 48 valence electrons. The quantitative estimate of drug-likeness (QED) is 0.561. The minimum absolute atomic E-state index is 0.199. The number of primary amides is 1. The van der Waals surface area contributed by atoms with E-state index in [0.717, 1.165) is 0 Å². The van der Waals surface area contributed by atoms with E-state index in [-0.39, 0.29) is 11.5 Å². The highest BCUT2D eigenvalue weighted by Gasteiger charge is 2.08. The van der Waals surface area contributed by atoms with Gasteiger partial charge >= 0.3 is 0 Å². The zero-order valence-corrected chi connectivity index (χ0v) is 4.50. The topological polar surface area (TPSA) is 76.5 Å². The maximum Gasteiger partial charge on any atom is 0.288 e. The third kappa shape index (κ3) is 0.861. The van der Waals surface area contributed by atoms with Crippen LogP contribution in [0, 0.1) is 0 Å². The van der Waals surface area contributed by atoms with Crippen molar-refractivity contribution in [1.29, 1.82) is 0 Å². The fourth-order valence-electron chi connectivity index (χ4n) is 0.487. The molecule has 9 heavy (non-hydrogen) atoms. The molecule has 1 aromatic rings. The van der Waals surface area contributed by atoms with E-state index in [0.29, 0.717) is 0 Å². The van der Waals surface area contributed by atoms with Crippen LogP contribution >= 0.6 is 0 Å². The summed E-state index contributed by atoms with van der Waals surface area (Å²) in [5.41, 5.74) is 4.77. The molecule has 0 fully saturated rings. The first kappa shape index (κ1) is 5.68. The summed E-state index contributed by atoms with van der Waals surface area (Å²) in [6, 6.07) is 1.25. The Bertz CT molecular complexity index is 228. The first-order valence-electron chi connectivity index (χ1n) is 2.28. The van der Waals surface area contributed by atoms with E-state index < -0.39 is 5.91 Å². The van der Waals surface area contributed by atoms with Gasteiger partial charge in [-0.1, -0.05) is 0 Å². The van der Waals surface area contributed by atoms with Crippen molar-refractivity contribution in [2.75, 3.05) is 0 Å². The van der Waals surface area contributed by atoms with Crippen molar-refractivity contribution < 1.29 is 14.3 Å². The Labute approximate surface area is 50.9 Å². The summed E-state index contributed by atoms with van der Waals surface area (Å²) in [6.45, 7) is 0. The summed E-state index contributed by atoms with van der Waals surface area (Å²) in [4.78, 5) is 10.3. The van der Waals surface area contributed by atoms with Crippen LogP contribution in [0.2, 0.25) is 0 Å². The lowest BCUT2D eigenvalue weighted by Gasteiger charge is -1.85. The van der Waals surface area contributed by atoms with Crippen LogP contribution in [-0.4, -0.2) is 11.0 Å². The summed E-state index contributed by atoms with van der Waals surface area (Å²) >= 11 is 0. The van der Waals surface area contributed by atoms with E-state index in [1.165, 1.54) is 12.3 Å². The van der Waals surface area contributed by atoms with E-state index in [9.17, 15) is 4.79 Å². The van der Waals surface area contributed by atoms with Gasteiger partial charge in [-0.25, -0.2) is 0 Å². The second-order valence-corrected chi connectivity index (χ2v) is 1.50. The predicted molar refractivity (Wildman–Crippen MR) is 28.9 cm³/mol. The van der Waals surface area contributed by atoms with Gasteiger partial charge in [0.1, 0.15) is 0 Å². The lowest BCUT2D eigenvalue weighted by molar-refractivity contribution is 0.0970. The van der Waals surface area contributed by atoms with Crippen molar-refractivity contribution in [2.45, 2.75) is 0 Å². The van der Waals surface area contributed by atoms with Crippen molar-refractivity contribution >= 4 is 5.91 Å². The van der Waals surface area contributed by atoms with Crippen molar-refractivity contribution in [2.24, 2.45) is 5.73 Å². The van der Waals surface area contributed by atoms with Gasteiger partial charge in [-0.3, -0.25) is 4.79 Å². The number of aromatic hydroxyl groups is 1. The van der Waals surface area contributed by atoms with Crippen LogP contribution in [0.1, 0.15) is 10.6 Å². The Hall–Kier alpha value is -1.45. The normalized spacial score (nSPS) is 9.33. The van der Waals surface area contributed by atoms with Crippen LogP contribution in [0.5, 0.6) is 5.75 Å². The number of furan rings is 1. The zero-order chi connectivity index (χ0) is 6.85. The molecular weight excluding hydrogens is 122 g/mol. The number of hydrogen-bond acceptors (Lipinski definition) is 3. The van der Waals surface area contributed by atoms with Gasteiger partial charge < -0.3 is 15.3 Å². The first-order valence-corrected chi connectivity index (χ1v) is 2.28. The highest BCUT2D eigenvalue weighted by molar-refractivity contribution is 5.92. The number of amides is 1. The highest BCUT2D eigenvalue weighted by Crippen LogP contribution is 2.15. The molecule has 1 amide bonds. The molecule has 3 N–H and O–H groups in total. The summed E-state index contributed by atoms with van der Waals surface area (Å²) in [5, 5.41) is 8.73. The molecule has 0 saturated carbocycles. The molecule has 4 heteroatoms. The lowest BCUT2D eigenvalue weighted by Crippen LogP contribution is -2.09. The number of carbonyl (C=O) groups is 1. The number of hydrogen-bond donors (Lipinski definition) is 2. The highest BCUT2D eigenvalue weighted by atomic mass is 16.4. The van der Waals surface area contributed by atoms with Crippen molar-refractivity contribution in [3.63, 3.8) is 0 Å². The molecule has 4 nitrogen and oxygen atoms in total. The van der Waals surface area contributed by atoms with Crippen LogP contribution in [0.25, 0.3) is 0 Å². The standard InChI is InChI=1S/C5H5NO3/c6-5(8)4-3(7)1-2-9-4/h1-2,7H,(H2,6,8). The van der Waals surface area contributed by atoms with E-state index in [4.69, 9.17) is 10.8 Å². The van der Waals surface area contributed by atoms with Gasteiger partial charge in [0, 0.05) is 6.07 Å². The van der Waals surface area contributed by atoms with Gasteiger partial charge in [-0.2, -0.15) is 0 Å². The SMILES string of the molecule is NC(=O)c1occc1O. The molecule has 0 atom stereocenters. The summed E-state index contributed by atoms with van der Waals surface area (Å²) in [7, 11) is 0. The zero-order valence-electron chi connectivity index (χ0n) is 4.50. The maximum atomic E-state index is 10.3. The summed E-state index contributed by atoms with van der Waals surface area (Å²) in [5.74, 6) is -1.19. The largest absolute Gasteiger partial charge is 0.504 e. The van der Waals surface area contributed by atoms with Crippen molar-refractivity contribution in [3.8, 4) is 5.75 Å². The molecule has 1 rings (SSSR count). The van der Waals surface area contributed by atoms with E-state index in [1.54, 1.807) is 0 Å². The van der Waals surface area contributed by atoms with E-state index in [1.807, 2.05) is 0 Å². The molecule has 1 aromatic heterocycles. The molecular formula is C5H5NO3. The Kier molecular flexibility index (Phi) is 1.14. The Morgan fingerprint density at radius 2 is 2.44 bits per heavy atom.